The van der Waals surface area contributed by atoms with Crippen LogP contribution >= 0.6 is 0 Å². The highest BCUT2D eigenvalue weighted by Gasteiger charge is 2.44. The molecule has 1 saturated heterocycles. The predicted molar refractivity (Wildman–Crippen MR) is 107 cm³/mol. The normalized spacial score (nSPS) is 24.5. The number of aromatic nitrogens is 1. The molecule has 4 heteroatoms. The minimum atomic E-state index is 0.681. The number of aryl methyl sites for hydroxylation is 1. The molecular formula is C22H28N4. The van der Waals surface area contributed by atoms with Gasteiger partial charge in [-0.15, -0.1) is 0 Å². The average Bonchev–Trinajstić information content (AvgIpc) is 3.00. The molecule has 136 valence electrons. The minimum Gasteiger partial charge on any atom is -0.371 e. The third-order valence-corrected chi connectivity index (χ3v) is 6.51. The summed E-state index contributed by atoms with van der Waals surface area (Å²) < 4.78 is 0. The minimum absolute atomic E-state index is 0.681. The third-order valence-electron chi connectivity index (χ3n) is 6.51. The number of rotatable bonds is 4. The maximum Gasteiger partial charge on any atom is 0.0644 e. The smallest absolute Gasteiger partial charge is 0.0644 e. The molecule has 2 aromatic rings. The molecule has 1 aromatic carbocycles. The lowest BCUT2D eigenvalue weighted by Gasteiger charge is -2.41. The van der Waals surface area contributed by atoms with Crippen LogP contribution in [0, 0.1) is 0 Å². The van der Waals surface area contributed by atoms with Crippen LogP contribution in [-0.2, 0) is 6.42 Å². The van der Waals surface area contributed by atoms with Crippen molar-refractivity contribution in [1.82, 2.24) is 9.88 Å². The summed E-state index contributed by atoms with van der Waals surface area (Å²) in [6.45, 7) is 5.96. The van der Waals surface area contributed by atoms with Gasteiger partial charge < -0.3 is 14.7 Å². The highest BCUT2D eigenvalue weighted by molar-refractivity contribution is 5.80. The van der Waals surface area contributed by atoms with Crippen molar-refractivity contribution in [3.05, 3.63) is 53.9 Å². The van der Waals surface area contributed by atoms with E-state index in [2.05, 4.69) is 57.1 Å². The first-order chi connectivity index (χ1) is 12.8. The Morgan fingerprint density at radius 3 is 2.92 bits per heavy atom. The molecule has 0 N–H and O–H groups in total. The van der Waals surface area contributed by atoms with Gasteiger partial charge in [-0.25, -0.2) is 0 Å². The number of likely N-dealkylation sites (N-methyl/N-ethyl adjacent to an activating group) is 1. The number of hydrogen-bond donors (Lipinski definition) is 0. The van der Waals surface area contributed by atoms with E-state index >= 15 is 0 Å². The molecule has 0 saturated carbocycles. The number of benzene rings is 1. The molecule has 1 fully saturated rings. The summed E-state index contributed by atoms with van der Waals surface area (Å²) in [5.41, 5.74) is 5.78. The van der Waals surface area contributed by atoms with Gasteiger partial charge in [0.2, 0.25) is 0 Å². The fourth-order valence-corrected chi connectivity index (χ4v) is 5.21. The molecule has 2 unspecified atom stereocenters. The molecule has 4 heterocycles. The molecule has 4 nitrogen and oxygen atoms in total. The number of likely N-dealkylation sites (tertiary alicyclic amines) is 1. The number of piperidine rings is 1. The summed E-state index contributed by atoms with van der Waals surface area (Å²) in [5.74, 6) is 0.681. The van der Waals surface area contributed by atoms with E-state index in [0.29, 0.717) is 12.0 Å². The SMILES string of the molecule is CN1CCN2c3c(cccc31)C1CN(CCCc3ccccn3)CCC12. The van der Waals surface area contributed by atoms with E-state index in [1.807, 2.05) is 12.3 Å². The van der Waals surface area contributed by atoms with Crippen LogP contribution in [0.5, 0.6) is 0 Å². The second kappa shape index (κ2) is 6.58. The van der Waals surface area contributed by atoms with Gasteiger partial charge >= 0.3 is 0 Å². The van der Waals surface area contributed by atoms with Gasteiger partial charge in [0.05, 0.1) is 11.4 Å². The largest absolute Gasteiger partial charge is 0.371 e. The highest BCUT2D eigenvalue weighted by Crippen LogP contribution is 2.50. The van der Waals surface area contributed by atoms with E-state index < -0.39 is 0 Å². The van der Waals surface area contributed by atoms with Crippen LogP contribution in [0.3, 0.4) is 0 Å². The molecule has 5 rings (SSSR count). The van der Waals surface area contributed by atoms with Gasteiger partial charge in [-0.3, -0.25) is 4.98 Å². The van der Waals surface area contributed by atoms with Crippen molar-refractivity contribution in [2.24, 2.45) is 0 Å². The maximum atomic E-state index is 4.46. The maximum absolute atomic E-state index is 4.46. The Labute approximate surface area is 156 Å². The van der Waals surface area contributed by atoms with Gasteiger partial charge in [-0.1, -0.05) is 18.2 Å². The second-order valence-electron chi connectivity index (χ2n) is 8.02. The van der Waals surface area contributed by atoms with Crippen LogP contribution in [0.2, 0.25) is 0 Å². The van der Waals surface area contributed by atoms with Crippen molar-refractivity contribution in [1.29, 1.82) is 0 Å². The first kappa shape index (κ1) is 16.1. The van der Waals surface area contributed by atoms with E-state index in [0.717, 1.165) is 13.0 Å². The van der Waals surface area contributed by atoms with Crippen LogP contribution in [0.25, 0.3) is 0 Å². The predicted octanol–water partition coefficient (Wildman–Crippen LogP) is 3.14. The van der Waals surface area contributed by atoms with Crippen molar-refractivity contribution in [2.45, 2.75) is 31.2 Å². The molecule has 0 radical (unpaired) electrons. The molecule has 0 amide bonds. The zero-order valence-corrected chi connectivity index (χ0v) is 15.6. The molecule has 3 aliphatic heterocycles. The van der Waals surface area contributed by atoms with Gasteiger partial charge in [0, 0.05) is 57.1 Å². The van der Waals surface area contributed by atoms with Crippen molar-refractivity contribution in [3.63, 3.8) is 0 Å². The molecular weight excluding hydrogens is 320 g/mol. The summed E-state index contributed by atoms with van der Waals surface area (Å²) in [4.78, 5) is 12.3. The van der Waals surface area contributed by atoms with Crippen LogP contribution in [-0.4, -0.2) is 55.7 Å². The molecule has 0 aliphatic carbocycles. The summed E-state index contributed by atoms with van der Waals surface area (Å²) in [7, 11) is 2.23. The van der Waals surface area contributed by atoms with E-state index in [-0.39, 0.29) is 0 Å². The van der Waals surface area contributed by atoms with E-state index in [4.69, 9.17) is 0 Å². The van der Waals surface area contributed by atoms with Gasteiger partial charge in [0.1, 0.15) is 0 Å². The Kier molecular flexibility index (Phi) is 4.08. The number of para-hydroxylation sites is 1. The average molecular weight is 348 g/mol. The Hall–Kier alpha value is -2.07. The van der Waals surface area contributed by atoms with Gasteiger partial charge in [0.15, 0.2) is 0 Å². The van der Waals surface area contributed by atoms with E-state index in [1.165, 1.54) is 56.1 Å². The number of pyridine rings is 1. The highest BCUT2D eigenvalue weighted by atomic mass is 15.3. The fourth-order valence-electron chi connectivity index (χ4n) is 5.21. The Bertz CT molecular complexity index is 775. The molecule has 0 spiro atoms. The van der Waals surface area contributed by atoms with Crippen molar-refractivity contribution in [3.8, 4) is 0 Å². The summed E-state index contributed by atoms with van der Waals surface area (Å²) in [5, 5.41) is 0. The van der Waals surface area contributed by atoms with E-state index in [1.54, 1.807) is 5.56 Å². The third kappa shape index (κ3) is 2.67. The second-order valence-corrected chi connectivity index (χ2v) is 8.02. The first-order valence-corrected chi connectivity index (χ1v) is 10.0. The standard InChI is InChI=1S/C22H28N4/c1-24-14-15-26-20-10-13-25(12-5-7-17-6-2-3-11-23-17)16-19(20)18-8-4-9-21(24)22(18)26/h2-4,6,8-9,11,19-20H,5,7,10,12-16H2,1H3. The Morgan fingerprint density at radius 2 is 2.04 bits per heavy atom. The number of hydrogen-bond acceptors (Lipinski definition) is 4. The lowest BCUT2D eigenvalue weighted by molar-refractivity contribution is 0.191. The van der Waals surface area contributed by atoms with Crippen molar-refractivity contribution >= 4 is 11.4 Å². The lowest BCUT2D eigenvalue weighted by Crippen LogP contribution is -2.49. The lowest BCUT2D eigenvalue weighted by atomic mass is 9.89. The molecule has 26 heavy (non-hydrogen) atoms. The first-order valence-electron chi connectivity index (χ1n) is 10.0. The van der Waals surface area contributed by atoms with Gasteiger partial charge in [-0.2, -0.15) is 0 Å². The van der Waals surface area contributed by atoms with Crippen LogP contribution < -0.4 is 9.80 Å². The van der Waals surface area contributed by atoms with Gasteiger partial charge in [-0.05, 0) is 49.6 Å². The van der Waals surface area contributed by atoms with Crippen molar-refractivity contribution in [2.75, 3.05) is 49.6 Å². The summed E-state index contributed by atoms with van der Waals surface area (Å²) in [6.07, 6.45) is 5.49. The summed E-state index contributed by atoms with van der Waals surface area (Å²) >= 11 is 0. The molecule has 1 aromatic heterocycles. The summed E-state index contributed by atoms with van der Waals surface area (Å²) in [6, 6.07) is 13.9. The zero-order valence-electron chi connectivity index (χ0n) is 15.6. The monoisotopic (exact) mass is 348 g/mol. The van der Waals surface area contributed by atoms with Crippen LogP contribution in [0.15, 0.2) is 42.6 Å². The Morgan fingerprint density at radius 1 is 1.08 bits per heavy atom. The van der Waals surface area contributed by atoms with E-state index in [9.17, 15) is 0 Å². The quantitative estimate of drug-likeness (QED) is 0.846. The van der Waals surface area contributed by atoms with Crippen LogP contribution in [0.1, 0.15) is 30.0 Å². The number of fused-ring (bicyclic) bond motifs is 3. The topological polar surface area (TPSA) is 22.6 Å². The Balaban J connectivity index is 1.28. The molecule has 2 atom stereocenters. The number of nitrogens with zero attached hydrogens (tertiary/aromatic N) is 4. The number of anilines is 2. The molecule has 3 aliphatic rings. The zero-order chi connectivity index (χ0) is 17.5. The van der Waals surface area contributed by atoms with Crippen LogP contribution in [0.4, 0.5) is 11.4 Å². The van der Waals surface area contributed by atoms with Crippen molar-refractivity contribution < 1.29 is 0 Å². The van der Waals surface area contributed by atoms with Gasteiger partial charge in [0.25, 0.3) is 0 Å². The fraction of sp³-hybridized carbons (Fsp3) is 0.500. The molecule has 0 bridgehead atoms.